The number of ether oxygens (including phenoxy) is 1. The van der Waals surface area contributed by atoms with Crippen LogP contribution >= 0.6 is 0 Å². The molecule has 0 saturated carbocycles. The molecule has 2 aromatic carbocycles. The van der Waals surface area contributed by atoms with E-state index >= 15 is 0 Å². The van der Waals surface area contributed by atoms with Gasteiger partial charge in [-0.25, -0.2) is 0 Å². The number of alkyl halides is 3. The molecule has 0 N–H and O–H groups in total. The lowest BCUT2D eigenvalue weighted by Crippen LogP contribution is -2.42. The van der Waals surface area contributed by atoms with Crippen molar-refractivity contribution >= 4 is 5.91 Å². The molecular weight excluding hydrogens is 319 g/mol. The number of benzene rings is 2. The quantitative estimate of drug-likeness (QED) is 0.832. The summed E-state index contributed by atoms with van der Waals surface area (Å²) in [5.41, 5.74) is 0.460. The average molecular weight is 335 g/mol. The Labute approximate surface area is 137 Å². The maximum absolute atomic E-state index is 12.6. The molecule has 3 rings (SSSR count). The van der Waals surface area contributed by atoms with Gasteiger partial charge in [-0.05, 0) is 29.8 Å². The van der Waals surface area contributed by atoms with Crippen molar-refractivity contribution in [2.45, 2.75) is 12.3 Å². The molecule has 1 amide bonds. The van der Waals surface area contributed by atoms with Gasteiger partial charge in [0.05, 0.1) is 18.7 Å². The maximum Gasteiger partial charge on any atom is 0.416 e. The molecule has 1 atom stereocenters. The van der Waals surface area contributed by atoms with Crippen LogP contribution in [0.25, 0.3) is 0 Å². The molecule has 3 nitrogen and oxygen atoms in total. The molecule has 24 heavy (non-hydrogen) atoms. The fourth-order valence-corrected chi connectivity index (χ4v) is 2.69. The lowest BCUT2D eigenvalue weighted by Gasteiger charge is -2.33. The largest absolute Gasteiger partial charge is 0.416 e. The van der Waals surface area contributed by atoms with Crippen molar-refractivity contribution in [2.24, 2.45) is 0 Å². The monoisotopic (exact) mass is 335 g/mol. The van der Waals surface area contributed by atoms with E-state index in [0.29, 0.717) is 19.7 Å². The molecule has 126 valence electrons. The fraction of sp³-hybridized carbons (Fsp3) is 0.278. The third-order valence-corrected chi connectivity index (χ3v) is 3.98. The zero-order chi connectivity index (χ0) is 17.2. The topological polar surface area (TPSA) is 29.5 Å². The highest BCUT2D eigenvalue weighted by molar-refractivity contribution is 5.94. The van der Waals surface area contributed by atoms with Gasteiger partial charge in [0.25, 0.3) is 5.91 Å². The summed E-state index contributed by atoms with van der Waals surface area (Å²) in [6, 6.07) is 13.9. The Balaban J connectivity index is 1.73. The second kappa shape index (κ2) is 6.65. The molecule has 2 aromatic rings. The summed E-state index contributed by atoms with van der Waals surface area (Å²) >= 11 is 0. The summed E-state index contributed by atoms with van der Waals surface area (Å²) in [4.78, 5) is 14.1. The zero-order valence-electron chi connectivity index (χ0n) is 12.8. The number of amides is 1. The summed E-state index contributed by atoms with van der Waals surface area (Å²) in [5.74, 6) is -0.284. The predicted molar refractivity (Wildman–Crippen MR) is 82.5 cm³/mol. The third kappa shape index (κ3) is 3.59. The molecular formula is C18H16F3NO2. The second-order valence-corrected chi connectivity index (χ2v) is 5.60. The van der Waals surface area contributed by atoms with Crippen LogP contribution in [0.4, 0.5) is 13.2 Å². The van der Waals surface area contributed by atoms with E-state index < -0.39 is 11.7 Å². The predicted octanol–water partition coefficient (Wildman–Crippen LogP) is 3.92. The Morgan fingerprint density at radius 2 is 1.71 bits per heavy atom. The van der Waals surface area contributed by atoms with Crippen LogP contribution in [0.3, 0.4) is 0 Å². The van der Waals surface area contributed by atoms with Gasteiger partial charge in [-0.15, -0.1) is 0 Å². The third-order valence-electron chi connectivity index (χ3n) is 3.98. The molecule has 0 unspecified atom stereocenters. The van der Waals surface area contributed by atoms with Crippen LogP contribution in [-0.4, -0.2) is 30.5 Å². The summed E-state index contributed by atoms with van der Waals surface area (Å²) in [7, 11) is 0. The fourth-order valence-electron chi connectivity index (χ4n) is 2.69. The van der Waals surface area contributed by atoms with E-state index in [4.69, 9.17) is 4.74 Å². The van der Waals surface area contributed by atoms with Gasteiger partial charge in [-0.2, -0.15) is 13.2 Å². The van der Waals surface area contributed by atoms with Gasteiger partial charge >= 0.3 is 6.18 Å². The van der Waals surface area contributed by atoms with Gasteiger partial charge in [0.1, 0.15) is 6.10 Å². The number of rotatable bonds is 2. The van der Waals surface area contributed by atoms with Crippen molar-refractivity contribution in [1.82, 2.24) is 4.90 Å². The van der Waals surface area contributed by atoms with Crippen molar-refractivity contribution in [2.75, 3.05) is 19.7 Å². The Kier molecular flexibility index (Phi) is 4.57. The van der Waals surface area contributed by atoms with Crippen LogP contribution in [0, 0.1) is 0 Å². The highest BCUT2D eigenvalue weighted by Gasteiger charge is 2.31. The lowest BCUT2D eigenvalue weighted by molar-refractivity contribution is -0.137. The maximum atomic E-state index is 12.6. The average Bonchev–Trinajstić information content (AvgIpc) is 2.61. The van der Waals surface area contributed by atoms with Crippen LogP contribution in [0.2, 0.25) is 0 Å². The molecule has 1 aliphatic heterocycles. The smallest absolute Gasteiger partial charge is 0.370 e. The van der Waals surface area contributed by atoms with E-state index in [2.05, 4.69) is 0 Å². The van der Waals surface area contributed by atoms with Gasteiger partial charge in [-0.1, -0.05) is 30.3 Å². The second-order valence-electron chi connectivity index (χ2n) is 5.60. The molecule has 0 aliphatic carbocycles. The van der Waals surface area contributed by atoms with E-state index in [-0.39, 0.29) is 17.6 Å². The van der Waals surface area contributed by atoms with Crippen LogP contribution in [0.15, 0.2) is 54.6 Å². The number of carbonyl (C=O) groups excluding carboxylic acids is 1. The first-order chi connectivity index (χ1) is 11.4. The first-order valence-electron chi connectivity index (χ1n) is 7.58. The molecule has 1 fully saturated rings. The van der Waals surface area contributed by atoms with Gasteiger partial charge in [0.2, 0.25) is 0 Å². The minimum Gasteiger partial charge on any atom is -0.370 e. The number of carbonyl (C=O) groups is 1. The van der Waals surface area contributed by atoms with Crippen LogP contribution < -0.4 is 0 Å². The summed E-state index contributed by atoms with van der Waals surface area (Å²) in [5, 5.41) is 0. The van der Waals surface area contributed by atoms with Crippen molar-refractivity contribution in [3.05, 3.63) is 71.3 Å². The Bertz CT molecular complexity index is 698. The summed E-state index contributed by atoms with van der Waals surface area (Å²) < 4.78 is 43.5. The molecule has 0 bridgehead atoms. The summed E-state index contributed by atoms with van der Waals surface area (Å²) in [6.07, 6.45) is -4.63. The van der Waals surface area contributed by atoms with E-state index in [1.165, 1.54) is 12.1 Å². The van der Waals surface area contributed by atoms with Crippen molar-refractivity contribution < 1.29 is 22.7 Å². The standard InChI is InChI=1S/C18H16F3NO2/c19-18(20,21)15-8-6-14(7-9-15)17(23)22-10-11-24-16(12-22)13-4-2-1-3-5-13/h1-9,16H,10-12H2/t16-/m1/s1. The highest BCUT2D eigenvalue weighted by atomic mass is 19.4. The molecule has 6 heteroatoms. The van der Waals surface area contributed by atoms with E-state index in [9.17, 15) is 18.0 Å². The normalized spacial score (nSPS) is 18.5. The van der Waals surface area contributed by atoms with Crippen molar-refractivity contribution in [3.63, 3.8) is 0 Å². The summed E-state index contributed by atoms with van der Waals surface area (Å²) in [6.45, 7) is 1.19. The molecule has 0 radical (unpaired) electrons. The number of hydrogen-bond donors (Lipinski definition) is 0. The van der Waals surface area contributed by atoms with Gasteiger partial charge in [0.15, 0.2) is 0 Å². The van der Waals surface area contributed by atoms with Gasteiger partial charge in [-0.3, -0.25) is 4.79 Å². The van der Waals surface area contributed by atoms with Crippen molar-refractivity contribution in [3.8, 4) is 0 Å². The minimum atomic E-state index is -4.40. The Morgan fingerprint density at radius 3 is 2.33 bits per heavy atom. The lowest BCUT2D eigenvalue weighted by atomic mass is 10.1. The molecule has 0 spiro atoms. The van der Waals surface area contributed by atoms with Gasteiger partial charge in [0, 0.05) is 12.1 Å². The molecule has 0 aromatic heterocycles. The van der Waals surface area contributed by atoms with Crippen molar-refractivity contribution in [1.29, 1.82) is 0 Å². The van der Waals surface area contributed by atoms with Crippen LogP contribution in [0.5, 0.6) is 0 Å². The van der Waals surface area contributed by atoms with Crippen LogP contribution in [-0.2, 0) is 10.9 Å². The first kappa shape index (κ1) is 16.5. The number of halogens is 3. The Hall–Kier alpha value is -2.34. The highest BCUT2D eigenvalue weighted by Crippen LogP contribution is 2.29. The molecule has 1 saturated heterocycles. The number of nitrogens with zero attached hydrogens (tertiary/aromatic N) is 1. The van der Waals surface area contributed by atoms with E-state index in [0.717, 1.165) is 17.7 Å². The van der Waals surface area contributed by atoms with Gasteiger partial charge < -0.3 is 9.64 Å². The SMILES string of the molecule is O=C(c1ccc(C(F)(F)F)cc1)N1CCO[C@@H](c2ccccc2)C1. The number of hydrogen-bond acceptors (Lipinski definition) is 2. The molecule has 1 heterocycles. The zero-order valence-corrected chi connectivity index (χ0v) is 12.8. The first-order valence-corrected chi connectivity index (χ1v) is 7.58. The van der Waals surface area contributed by atoms with E-state index in [1.54, 1.807) is 4.90 Å². The number of morpholine rings is 1. The van der Waals surface area contributed by atoms with Crippen LogP contribution in [0.1, 0.15) is 27.6 Å². The Morgan fingerprint density at radius 1 is 1.04 bits per heavy atom. The minimum absolute atomic E-state index is 0.224. The molecule has 1 aliphatic rings. The van der Waals surface area contributed by atoms with E-state index in [1.807, 2.05) is 30.3 Å².